The molecule has 0 radical (unpaired) electrons. The first-order valence-electron chi connectivity index (χ1n) is 6.40. The summed E-state index contributed by atoms with van der Waals surface area (Å²) in [6.07, 6.45) is -0.794. The Kier molecular flexibility index (Phi) is 4.25. The highest BCUT2D eigenvalue weighted by Crippen LogP contribution is 2.33. The molecule has 0 spiro atoms. The van der Waals surface area contributed by atoms with Crippen LogP contribution in [0, 0.1) is 5.82 Å². The van der Waals surface area contributed by atoms with Crippen molar-refractivity contribution in [1.82, 2.24) is 0 Å². The molecule has 0 fully saturated rings. The molecule has 0 aliphatic carbocycles. The van der Waals surface area contributed by atoms with Gasteiger partial charge in [-0.3, -0.25) is 0 Å². The number of anilines is 1. The van der Waals surface area contributed by atoms with Gasteiger partial charge in [0.1, 0.15) is 5.75 Å². The molecule has 0 aliphatic rings. The van der Waals surface area contributed by atoms with E-state index in [-0.39, 0.29) is 5.75 Å². The van der Waals surface area contributed by atoms with Crippen molar-refractivity contribution in [2.75, 3.05) is 19.0 Å². The zero-order valence-corrected chi connectivity index (χ0v) is 11.8. The fourth-order valence-electron chi connectivity index (χ4n) is 1.91. The fourth-order valence-corrected chi connectivity index (χ4v) is 1.91. The minimum absolute atomic E-state index is 0.0680. The van der Waals surface area contributed by atoms with Crippen molar-refractivity contribution >= 4 is 5.69 Å². The average Bonchev–Trinajstić information content (AvgIpc) is 2.41. The topological polar surface area (TPSA) is 32.7 Å². The molecule has 0 bridgehead atoms. The number of para-hydroxylation sites is 1. The van der Waals surface area contributed by atoms with E-state index in [1.54, 1.807) is 25.1 Å². The lowest BCUT2D eigenvalue weighted by Crippen LogP contribution is -2.08. The maximum Gasteiger partial charge on any atom is 0.168 e. The molecule has 20 heavy (non-hydrogen) atoms. The molecule has 2 rings (SSSR count). The van der Waals surface area contributed by atoms with E-state index in [4.69, 9.17) is 4.74 Å². The summed E-state index contributed by atoms with van der Waals surface area (Å²) in [5, 5.41) is 9.69. The molecule has 1 N–H and O–H groups in total. The maximum absolute atomic E-state index is 13.9. The highest BCUT2D eigenvalue weighted by molar-refractivity contribution is 5.51. The number of nitrogens with zero attached hydrogens (tertiary/aromatic N) is 1. The fraction of sp³-hybridized carbons (Fsp3) is 0.250. The monoisotopic (exact) mass is 275 g/mol. The molecule has 0 heterocycles. The van der Waals surface area contributed by atoms with E-state index in [9.17, 15) is 9.50 Å². The summed E-state index contributed by atoms with van der Waals surface area (Å²) >= 11 is 0. The predicted octanol–water partition coefficient (Wildman–Crippen LogP) is 3.74. The van der Waals surface area contributed by atoms with E-state index in [1.165, 1.54) is 6.07 Å². The number of ether oxygens (including phenoxy) is 1. The third-order valence-corrected chi connectivity index (χ3v) is 3.00. The van der Waals surface area contributed by atoms with Gasteiger partial charge in [-0.25, -0.2) is 4.39 Å². The van der Waals surface area contributed by atoms with E-state index < -0.39 is 11.9 Å². The molecule has 2 aromatic rings. The van der Waals surface area contributed by atoms with Crippen LogP contribution in [-0.2, 0) is 0 Å². The van der Waals surface area contributed by atoms with Crippen molar-refractivity contribution in [2.45, 2.75) is 13.0 Å². The summed E-state index contributed by atoms with van der Waals surface area (Å²) in [5.74, 6) is 0.111. The molecular formula is C16H18FNO2. The van der Waals surface area contributed by atoms with Gasteiger partial charge in [0.05, 0.1) is 6.10 Å². The molecule has 0 saturated heterocycles. The molecular weight excluding hydrogens is 257 g/mol. The van der Waals surface area contributed by atoms with Crippen molar-refractivity contribution < 1.29 is 14.2 Å². The highest BCUT2D eigenvalue weighted by atomic mass is 19.1. The van der Waals surface area contributed by atoms with Gasteiger partial charge < -0.3 is 14.7 Å². The van der Waals surface area contributed by atoms with Gasteiger partial charge in [0, 0.05) is 31.4 Å². The Morgan fingerprint density at radius 1 is 1.15 bits per heavy atom. The van der Waals surface area contributed by atoms with Crippen LogP contribution in [0.15, 0.2) is 42.5 Å². The molecule has 1 atom stereocenters. The largest absolute Gasteiger partial charge is 0.454 e. The van der Waals surface area contributed by atoms with Crippen LogP contribution < -0.4 is 9.64 Å². The first kappa shape index (κ1) is 14.3. The van der Waals surface area contributed by atoms with Gasteiger partial charge in [-0.15, -0.1) is 0 Å². The van der Waals surface area contributed by atoms with Crippen LogP contribution in [0.25, 0.3) is 0 Å². The molecule has 106 valence electrons. The van der Waals surface area contributed by atoms with Crippen molar-refractivity contribution in [3.63, 3.8) is 0 Å². The lowest BCUT2D eigenvalue weighted by atomic mass is 10.1. The lowest BCUT2D eigenvalue weighted by molar-refractivity contribution is 0.194. The summed E-state index contributed by atoms with van der Waals surface area (Å²) in [5.41, 5.74) is 1.39. The number of hydrogen-bond donors (Lipinski definition) is 1. The first-order valence-corrected chi connectivity index (χ1v) is 6.40. The standard InChI is InChI=1S/C16H18FNO2/c1-11(19)14-8-5-9-15(17)16(14)20-13-7-4-6-12(10-13)18(2)3/h4-11,19H,1-3H3/t11-/m0/s1. The summed E-state index contributed by atoms with van der Waals surface area (Å²) < 4.78 is 19.5. The summed E-state index contributed by atoms with van der Waals surface area (Å²) in [7, 11) is 3.84. The second kappa shape index (κ2) is 5.92. The summed E-state index contributed by atoms with van der Waals surface area (Å²) in [6.45, 7) is 1.58. The minimum atomic E-state index is -0.794. The van der Waals surface area contributed by atoms with Gasteiger partial charge in [0.25, 0.3) is 0 Å². The quantitative estimate of drug-likeness (QED) is 0.922. The highest BCUT2D eigenvalue weighted by Gasteiger charge is 2.14. The van der Waals surface area contributed by atoms with E-state index >= 15 is 0 Å². The van der Waals surface area contributed by atoms with Crippen LogP contribution in [0.4, 0.5) is 10.1 Å². The first-order chi connectivity index (χ1) is 9.49. The lowest BCUT2D eigenvalue weighted by Gasteiger charge is -2.16. The molecule has 0 saturated carbocycles. The molecule has 2 aromatic carbocycles. The Labute approximate surface area is 118 Å². The normalized spacial score (nSPS) is 12.1. The van der Waals surface area contributed by atoms with E-state index in [1.807, 2.05) is 37.2 Å². The van der Waals surface area contributed by atoms with Gasteiger partial charge in [0.15, 0.2) is 11.6 Å². The number of rotatable bonds is 4. The second-order valence-corrected chi connectivity index (χ2v) is 4.83. The van der Waals surface area contributed by atoms with Crippen LogP contribution in [0.3, 0.4) is 0 Å². The smallest absolute Gasteiger partial charge is 0.168 e. The molecule has 4 heteroatoms. The van der Waals surface area contributed by atoms with E-state index in [0.717, 1.165) is 5.69 Å². The average molecular weight is 275 g/mol. The van der Waals surface area contributed by atoms with E-state index in [0.29, 0.717) is 11.3 Å². The maximum atomic E-state index is 13.9. The van der Waals surface area contributed by atoms with Crippen molar-refractivity contribution in [1.29, 1.82) is 0 Å². The van der Waals surface area contributed by atoms with Gasteiger partial charge in [0.2, 0.25) is 0 Å². The Balaban J connectivity index is 2.37. The van der Waals surface area contributed by atoms with Crippen LogP contribution in [0.5, 0.6) is 11.5 Å². The van der Waals surface area contributed by atoms with Gasteiger partial charge >= 0.3 is 0 Å². The minimum Gasteiger partial charge on any atom is -0.454 e. The molecule has 0 amide bonds. The Hall–Kier alpha value is -2.07. The SMILES string of the molecule is C[C@H](O)c1cccc(F)c1Oc1cccc(N(C)C)c1. The summed E-state index contributed by atoms with van der Waals surface area (Å²) in [4.78, 5) is 1.93. The number of halogens is 1. The number of aliphatic hydroxyl groups excluding tert-OH is 1. The van der Waals surface area contributed by atoms with E-state index in [2.05, 4.69) is 0 Å². The van der Waals surface area contributed by atoms with Gasteiger partial charge in [-0.1, -0.05) is 18.2 Å². The van der Waals surface area contributed by atoms with Gasteiger partial charge in [-0.05, 0) is 25.1 Å². The Bertz CT molecular complexity index is 597. The Morgan fingerprint density at radius 2 is 1.85 bits per heavy atom. The Morgan fingerprint density at radius 3 is 2.50 bits per heavy atom. The third-order valence-electron chi connectivity index (χ3n) is 3.00. The van der Waals surface area contributed by atoms with Gasteiger partial charge in [-0.2, -0.15) is 0 Å². The predicted molar refractivity (Wildman–Crippen MR) is 77.9 cm³/mol. The zero-order valence-electron chi connectivity index (χ0n) is 11.8. The third kappa shape index (κ3) is 3.08. The van der Waals surface area contributed by atoms with Crippen LogP contribution in [-0.4, -0.2) is 19.2 Å². The van der Waals surface area contributed by atoms with Crippen molar-refractivity contribution in [3.05, 3.63) is 53.8 Å². The number of benzene rings is 2. The molecule has 3 nitrogen and oxygen atoms in total. The molecule has 0 aromatic heterocycles. The van der Waals surface area contributed by atoms with Crippen LogP contribution in [0.2, 0.25) is 0 Å². The summed E-state index contributed by atoms with van der Waals surface area (Å²) in [6, 6.07) is 11.9. The van der Waals surface area contributed by atoms with Crippen LogP contribution >= 0.6 is 0 Å². The van der Waals surface area contributed by atoms with Crippen LogP contribution in [0.1, 0.15) is 18.6 Å². The van der Waals surface area contributed by atoms with Crippen molar-refractivity contribution in [3.8, 4) is 11.5 Å². The van der Waals surface area contributed by atoms with Crippen molar-refractivity contribution in [2.24, 2.45) is 0 Å². The number of hydrogen-bond acceptors (Lipinski definition) is 3. The zero-order chi connectivity index (χ0) is 14.7. The molecule has 0 unspecified atom stereocenters. The second-order valence-electron chi connectivity index (χ2n) is 4.83. The number of aliphatic hydroxyl groups is 1. The molecule has 0 aliphatic heterocycles.